The van der Waals surface area contributed by atoms with E-state index < -0.39 is 10.0 Å². The molecule has 0 atom stereocenters. The van der Waals surface area contributed by atoms with E-state index in [0.717, 1.165) is 18.4 Å². The van der Waals surface area contributed by atoms with Crippen molar-refractivity contribution in [1.29, 1.82) is 0 Å². The minimum Gasteiger partial charge on any atom is -0.322 e. The van der Waals surface area contributed by atoms with Crippen molar-refractivity contribution in [3.63, 3.8) is 0 Å². The van der Waals surface area contributed by atoms with Crippen LogP contribution < -0.4 is 9.62 Å². The molecule has 1 aliphatic heterocycles. The van der Waals surface area contributed by atoms with Gasteiger partial charge in [0.15, 0.2) is 0 Å². The van der Waals surface area contributed by atoms with Gasteiger partial charge < -0.3 is 5.32 Å². The van der Waals surface area contributed by atoms with Crippen LogP contribution in [0.3, 0.4) is 0 Å². The lowest BCUT2D eigenvalue weighted by molar-refractivity contribution is 0.102. The number of hydrogen-bond acceptors (Lipinski definition) is 3. The normalized spacial score (nSPS) is 14.1. The molecule has 3 rings (SSSR count). The Bertz CT molecular complexity index is 895. The van der Waals surface area contributed by atoms with Gasteiger partial charge in [-0.1, -0.05) is 17.7 Å². The molecule has 0 saturated heterocycles. The summed E-state index contributed by atoms with van der Waals surface area (Å²) in [5.74, 6) is -0.217. The number of rotatable bonds is 4. The number of sulfonamides is 1. The van der Waals surface area contributed by atoms with Crippen LogP contribution in [0.15, 0.2) is 42.5 Å². The number of amides is 1. The molecule has 0 fully saturated rings. The van der Waals surface area contributed by atoms with Crippen molar-refractivity contribution in [1.82, 2.24) is 0 Å². The standard InChI is InChI=1S/C18H19ClN2O3S/c1-2-25(23,24)21-11-3-4-13-7-10-16(12-17(13)21)20-18(22)14-5-8-15(19)9-6-14/h5-10,12H,2-4,11H2,1H3,(H,20,22). The average Bonchev–Trinajstić information content (AvgIpc) is 2.61. The smallest absolute Gasteiger partial charge is 0.255 e. The number of hydrogen-bond donors (Lipinski definition) is 1. The van der Waals surface area contributed by atoms with E-state index in [4.69, 9.17) is 11.6 Å². The Balaban J connectivity index is 1.88. The van der Waals surface area contributed by atoms with Crippen LogP contribution in [0.4, 0.5) is 11.4 Å². The van der Waals surface area contributed by atoms with Crippen molar-refractivity contribution in [2.24, 2.45) is 0 Å². The zero-order valence-corrected chi connectivity index (χ0v) is 15.4. The highest BCUT2D eigenvalue weighted by Gasteiger charge is 2.26. The van der Waals surface area contributed by atoms with Crippen molar-refractivity contribution in [3.05, 3.63) is 58.6 Å². The molecule has 0 spiro atoms. The fourth-order valence-corrected chi connectivity index (χ4v) is 4.18. The van der Waals surface area contributed by atoms with E-state index in [-0.39, 0.29) is 11.7 Å². The van der Waals surface area contributed by atoms with Gasteiger partial charge in [-0.05, 0) is 61.7 Å². The van der Waals surface area contributed by atoms with Gasteiger partial charge in [-0.2, -0.15) is 0 Å². The summed E-state index contributed by atoms with van der Waals surface area (Å²) in [6.07, 6.45) is 1.62. The van der Waals surface area contributed by atoms with E-state index >= 15 is 0 Å². The van der Waals surface area contributed by atoms with E-state index in [1.54, 1.807) is 43.3 Å². The highest BCUT2D eigenvalue weighted by atomic mass is 35.5. The molecule has 0 radical (unpaired) electrons. The summed E-state index contributed by atoms with van der Waals surface area (Å²) in [5, 5.41) is 3.38. The summed E-state index contributed by atoms with van der Waals surface area (Å²) in [6, 6.07) is 12.0. The van der Waals surface area contributed by atoms with E-state index in [2.05, 4.69) is 5.32 Å². The number of carbonyl (C=O) groups is 1. The number of halogens is 1. The Kier molecular flexibility index (Phi) is 5.01. The SMILES string of the molecule is CCS(=O)(=O)N1CCCc2ccc(NC(=O)c3ccc(Cl)cc3)cc21. The van der Waals surface area contributed by atoms with Gasteiger partial charge in [-0.25, -0.2) is 8.42 Å². The molecule has 25 heavy (non-hydrogen) atoms. The summed E-state index contributed by atoms with van der Waals surface area (Å²) >= 11 is 5.83. The second kappa shape index (κ2) is 7.06. The molecule has 5 nitrogen and oxygen atoms in total. The molecular weight excluding hydrogens is 360 g/mol. The third kappa shape index (κ3) is 3.80. The summed E-state index contributed by atoms with van der Waals surface area (Å²) in [7, 11) is -3.33. The van der Waals surface area contributed by atoms with Crippen molar-refractivity contribution >= 4 is 38.9 Å². The molecule has 2 aromatic rings. The zero-order chi connectivity index (χ0) is 18.0. The third-order valence-electron chi connectivity index (χ3n) is 4.23. The molecule has 0 bridgehead atoms. The number of nitrogens with one attached hydrogen (secondary N) is 1. The molecule has 0 unspecified atom stereocenters. The molecule has 2 aromatic carbocycles. The first kappa shape index (κ1) is 17.8. The molecule has 1 amide bonds. The average molecular weight is 379 g/mol. The first-order valence-electron chi connectivity index (χ1n) is 8.11. The van der Waals surface area contributed by atoms with Gasteiger partial charge in [-0.3, -0.25) is 9.10 Å². The Morgan fingerprint density at radius 3 is 2.60 bits per heavy atom. The molecular formula is C18H19ClN2O3S. The second-order valence-corrected chi connectivity index (χ2v) is 8.50. The molecule has 0 aliphatic carbocycles. The van der Waals surface area contributed by atoms with Gasteiger partial charge in [0.25, 0.3) is 5.91 Å². The van der Waals surface area contributed by atoms with Crippen LogP contribution in [0.25, 0.3) is 0 Å². The van der Waals surface area contributed by atoms with Crippen molar-refractivity contribution in [2.75, 3.05) is 21.9 Å². The number of benzene rings is 2. The lowest BCUT2D eigenvalue weighted by Crippen LogP contribution is -2.36. The number of nitrogens with zero attached hydrogens (tertiary/aromatic N) is 1. The summed E-state index contributed by atoms with van der Waals surface area (Å²) in [5.41, 5.74) is 2.69. The Morgan fingerprint density at radius 2 is 1.92 bits per heavy atom. The molecule has 1 N–H and O–H groups in total. The lowest BCUT2D eigenvalue weighted by Gasteiger charge is -2.30. The van der Waals surface area contributed by atoms with E-state index in [1.165, 1.54) is 4.31 Å². The Labute approximate surface area is 152 Å². The minimum absolute atomic E-state index is 0.0494. The molecule has 0 aromatic heterocycles. The highest BCUT2D eigenvalue weighted by molar-refractivity contribution is 7.92. The Morgan fingerprint density at radius 1 is 1.20 bits per heavy atom. The van der Waals surface area contributed by atoms with E-state index in [0.29, 0.717) is 28.5 Å². The van der Waals surface area contributed by atoms with Crippen LogP contribution in [0, 0.1) is 0 Å². The number of anilines is 2. The molecule has 1 aliphatic rings. The highest BCUT2D eigenvalue weighted by Crippen LogP contribution is 2.32. The number of aryl methyl sites for hydroxylation is 1. The summed E-state index contributed by atoms with van der Waals surface area (Å²) in [4.78, 5) is 12.3. The quantitative estimate of drug-likeness (QED) is 0.882. The van der Waals surface area contributed by atoms with Crippen LogP contribution in [-0.4, -0.2) is 26.6 Å². The predicted molar refractivity (Wildman–Crippen MR) is 101 cm³/mol. The van der Waals surface area contributed by atoms with Gasteiger partial charge in [-0.15, -0.1) is 0 Å². The van der Waals surface area contributed by atoms with Crippen LogP contribution in [0.5, 0.6) is 0 Å². The maximum Gasteiger partial charge on any atom is 0.255 e. The predicted octanol–water partition coefficient (Wildman–Crippen LogP) is 3.69. The van der Waals surface area contributed by atoms with E-state index in [9.17, 15) is 13.2 Å². The van der Waals surface area contributed by atoms with E-state index in [1.807, 2.05) is 6.07 Å². The number of carbonyl (C=O) groups excluding carboxylic acids is 1. The largest absolute Gasteiger partial charge is 0.322 e. The fraction of sp³-hybridized carbons (Fsp3) is 0.278. The fourth-order valence-electron chi connectivity index (χ4n) is 2.87. The maximum absolute atomic E-state index is 12.3. The second-order valence-electron chi connectivity index (χ2n) is 5.88. The monoisotopic (exact) mass is 378 g/mol. The zero-order valence-electron chi connectivity index (χ0n) is 13.8. The van der Waals surface area contributed by atoms with Crippen LogP contribution in [0.1, 0.15) is 29.3 Å². The van der Waals surface area contributed by atoms with Gasteiger partial charge in [0.1, 0.15) is 0 Å². The topological polar surface area (TPSA) is 66.5 Å². The first-order chi connectivity index (χ1) is 11.9. The van der Waals surface area contributed by atoms with Crippen LogP contribution in [0.2, 0.25) is 5.02 Å². The third-order valence-corrected chi connectivity index (χ3v) is 6.26. The van der Waals surface area contributed by atoms with Crippen molar-refractivity contribution in [3.8, 4) is 0 Å². The first-order valence-corrected chi connectivity index (χ1v) is 10.1. The molecule has 7 heteroatoms. The Hall–Kier alpha value is -2.05. The van der Waals surface area contributed by atoms with Gasteiger partial charge in [0.05, 0.1) is 11.4 Å². The summed E-state index contributed by atoms with van der Waals surface area (Å²) < 4.78 is 26.1. The van der Waals surface area contributed by atoms with Gasteiger partial charge in [0.2, 0.25) is 10.0 Å². The molecule has 1 heterocycles. The van der Waals surface area contributed by atoms with Crippen molar-refractivity contribution in [2.45, 2.75) is 19.8 Å². The molecule has 132 valence electrons. The van der Waals surface area contributed by atoms with Gasteiger partial charge in [0, 0.05) is 22.8 Å². The van der Waals surface area contributed by atoms with Crippen molar-refractivity contribution < 1.29 is 13.2 Å². The maximum atomic E-state index is 12.3. The minimum atomic E-state index is -3.33. The van der Waals surface area contributed by atoms with Gasteiger partial charge >= 0.3 is 0 Å². The van der Waals surface area contributed by atoms with Crippen LogP contribution in [-0.2, 0) is 16.4 Å². The summed E-state index contributed by atoms with van der Waals surface area (Å²) in [6.45, 7) is 2.10. The number of fused-ring (bicyclic) bond motifs is 1. The molecule has 0 saturated carbocycles. The van der Waals surface area contributed by atoms with Crippen LogP contribution >= 0.6 is 11.6 Å². The lowest BCUT2D eigenvalue weighted by atomic mass is 10.0.